The minimum Gasteiger partial charge on any atom is -0.355 e. The number of halogens is 1. The molecule has 0 aromatic rings. The third-order valence-electron chi connectivity index (χ3n) is 3.66. The molecule has 1 atom stereocenters. The Morgan fingerprint density at radius 2 is 1.26 bits per heavy atom. The van der Waals surface area contributed by atoms with Crippen LogP contribution >= 0.6 is 21.2 Å². The Balaban J connectivity index is -0.000000411. The minimum atomic E-state index is -1.28. The van der Waals surface area contributed by atoms with Crippen molar-refractivity contribution in [2.75, 3.05) is 26.2 Å². The molecule has 5 amide bonds. The standard InChI is InChI=1S/C18H30IN5O6.4C2H6/c1-3-20-16(27)11-23-18(29)13(2)24-17(28)12-22-14(25)7-5-4-6-10-21-15(26)8-9-19-30;4*1-2/h8-9,13H,3-7,10-12H2,1-2H3,(H,20,27)(H,21,26)(H,22,25)(H,23,29)(H,24,28);4*1-2H3/b9-8-;;;;. The maximum absolute atomic E-state index is 11.8. The van der Waals surface area contributed by atoms with Crippen LogP contribution in [0.5, 0.6) is 0 Å². The Hall–Kier alpha value is -2.38. The van der Waals surface area contributed by atoms with Crippen molar-refractivity contribution in [1.29, 1.82) is 0 Å². The van der Waals surface area contributed by atoms with Crippen LogP contribution in [-0.4, -0.2) is 61.8 Å². The molecule has 0 saturated heterocycles. The summed E-state index contributed by atoms with van der Waals surface area (Å²) in [4.78, 5) is 57.9. The molecule has 0 aliphatic rings. The molecule has 0 radical (unpaired) electrons. The van der Waals surface area contributed by atoms with Crippen LogP contribution < -0.4 is 26.6 Å². The van der Waals surface area contributed by atoms with Crippen LogP contribution in [0.2, 0.25) is 0 Å². The highest BCUT2D eigenvalue weighted by molar-refractivity contribution is 14.2. The molecule has 11 nitrogen and oxygen atoms in total. The molecule has 0 aromatic carbocycles. The summed E-state index contributed by atoms with van der Waals surface area (Å²) in [5.74, 6) is -1.92. The Morgan fingerprint density at radius 1 is 0.711 bits per heavy atom. The quantitative estimate of drug-likeness (QED) is 0.103. The number of carbonyl (C=O) groups excluding carboxylic acids is 5. The monoisotopic (exact) mass is 659 g/mol. The highest BCUT2D eigenvalue weighted by Crippen LogP contribution is 1.99. The van der Waals surface area contributed by atoms with E-state index in [1.54, 1.807) is 6.92 Å². The largest absolute Gasteiger partial charge is 0.355 e. The molecular weight excluding hydrogens is 605 g/mol. The van der Waals surface area contributed by atoms with Gasteiger partial charge >= 0.3 is 0 Å². The van der Waals surface area contributed by atoms with Crippen molar-refractivity contribution in [3.05, 3.63) is 10.2 Å². The maximum Gasteiger partial charge on any atom is 0.244 e. The van der Waals surface area contributed by atoms with Crippen LogP contribution in [0.15, 0.2) is 10.2 Å². The average Bonchev–Trinajstić information content (AvgIpc) is 2.95. The highest BCUT2D eigenvalue weighted by Gasteiger charge is 2.16. The van der Waals surface area contributed by atoms with Crippen LogP contribution in [0, 0.1) is 0 Å². The second kappa shape index (κ2) is 39.1. The number of amides is 5. The van der Waals surface area contributed by atoms with E-state index in [1.165, 1.54) is 17.1 Å². The number of nitrogens with one attached hydrogen (secondary N) is 5. The fourth-order valence-corrected chi connectivity index (χ4v) is 2.62. The van der Waals surface area contributed by atoms with Gasteiger partial charge in [-0.1, -0.05) is 61.8 Å². The summed E-state index contributed by atoms with van der Waals surface area (Å²) in [6.45, 7) is 19.7. The van der Waals surface area contributed by atoms with Gasteiger partial charge in [0.25, 0.3) is 0 Å². The normalized spacial score (nSPS) is 9.63. The smallest absolute Gasteiger partial charge is 0.244 e. The van der Waals surface area contributed by atoms with E-state index < -0.39 is 39.0 Å². The number of hydrogen-bond donors (Lipinski definition) is 5. The summed E-state index contributed by atoms with van der Waals surface area (Å²) in [5.41, 5.74) is 0. The molecule has 0 bridgehead atoms. The van der Waals surface area contributed by atoms with Crippen molar-refractivity contribution in [2.45, 2.75) is 101 Å². The van der Waals surface area contributed by atoms with Crippen LogP contribution in [0.1, 0.15) is 94.9 Å². The first-order valence-electron chi connectivity index (χ1n) is 13.6. The molecule has 1 unspecified atom stereocenters. The van der Waals surface area contributed by atoms with Gasteiger partial charge in [-0.25, -0.2) is 0 Å². The summed E-state index contributed by atoms with van der Waals surface area (Å²) in [5, 5.41) is 12.5. The molecule has 0 fully saturated rings. The molecule has 0 aliphatic carbocycles. The Bertz CT molecular complexity index is 646. The van der Waals surface area contributed by atoms with Crippen molar-refractivity contribution in [3.8, 4) is 0 Å². The fraction of sp³-hybridized carbons (Fsp3) is 0.731. The molecule has 12 heteroatoms. The van der Waals surface area contributed by atoms with Gasteiger partial charge in [-0.2, -0.15) is 0 Å². The maximum atomic E-state index is 11.8. The molecule has 38 heavy (non-hydrogen) atoms. The van der Waals surface area contributed by atoms with Crippen molar-refractivity contribution >= 4 is 50.7 Å². The molecule has 0 aromatic heterocycles. The van der Waals surface area contributed by atoms with E-state index in [-0.39, 0.29) is 37.2 Å². The molecule has 0 heterocycles. The zero-order valence-electron chi connectivity index (χ0n) is 25.2. The van der Waals surface area contributed by atoms with Crippen molar-refractivity contribution in [2.24, 2.45) is 0 Å². The van der Waals surface area contributed by atoms with Gasteiger partial charge in [0.2, 0.25) is 29.5 Å². The number of unbranched alkanes of at least 4 members (excludes halogenated alkanes) is 2. The lowest BCUT2D eigenvalue weighted by atomic mass is 10.2. The van der Waals surface area contributed by atoms with Gasteiger partial charge in [-0.05, 0) is 26.7 Å². The average molecular weight is 660 g/mol. The summed E-state index contributed by atoms with van der Waals surface area (Å²) < 4.78 is 11.7. The predicted octanol–water partition coefficient (Wildman–Crippen LogP) is 3.47. The Morgan fingerprint density at radius 3 is 1.79 bits per heavy atom. The SMILES string of the molecule is CC.CC.CC.CC.CCNC(=O)CNC(=O)C(C)NC(=O)CNC(=O)CCCCCNC(=O)/C=C\I=O. The van der Waals surface area contributed by atoms with Gasteiger partial charge in [0.1, 0.15) is 6.04 Å². The first-order valence-corrected chi connectivity index (χ1v) is 15.7. The summed E-state index contributed by atoms with van der Waals surface area (Å²) in [7, 11) is 0. The lowest BCUT2D eigenvalue weighted by Gasteiger charge is -2.14. The van der Waals surface area contributed by atoms with E-state index in [2.05, 4.69) is 26.6 Å². The van der Waals surface area contributed by atoms with E-state index in [0.29, 0.717) is 25.9 Å². The molecular formula is C26H54IN5O6. The molecule has 0 spiro atoms. The molecule has 5 N–H and O–H groups in total. The van der Waals surface area contributed by atoms with E-state index in [9.17, 15) is 27.0 Å². The van der Waals surface area contributed by atoms with Crippen LogP contribution in [-0.2, 0) is 27.0 Å². The van der Waals surface area contributed by atoms with Gasteiger partial charge in [0, 0.05) is 29.7 Å². The zero-order valence-corrected chi connectivity index (χ0v) is 27.4. The second-order valence-corrected chi connectivity index (χ2v) is 7.45. The predicted molar refractivity (Wildman–Crippen MR) is 163 cm³/mol. The summed E-state index contributed by atoms with van der Waals surface area (Å²) in [6, 6.07) is -0.843. The first kappa shape index (κ1) is 45.5. The van der Waals surface area contributed by atoms with Crippen molar-refractivity contribution in [1.82, 2.24) is 26.6 Å². The first-order chi connectivity index (χ1) is 18.3. The lowest BCUT2D eigenvalue weighted by Crippen LogP contribution is -2.49. The van der Waals surface area contributed by atoms with E-state index >= 15 is 0 Å². The van der Waals surface area contributed by atoms with E-state index in [0.717, 1.165) is 6.42 Å². The number of carbonyl (C=O) groups is 5. The third-order valence-corrected chi connectivity index (χ3v) is 4.31. The van der Waals surface area contributed by atoms with E-state index in [1.807, 2.05) is 55.4 Å². The topological polar surface area (TPSA) is 163 Å². The van der Waals surface area contributed by atoms with Crippen LogP contribution in [0.3, 0.4) is 0 Å². The molecule has 226 valence electrons. The van der Waals surface area contributed by atoms with Gasteiger partial charge < -0.3 is 26.6 Å². The van der Waals surface area contributed by atoms with Gasteiger partial charge in [-0.15, -0.1) is 0 Å². The van der Waals surface area contributed by atoms with Gasteiger partial charge in [0.15, 0.2) is 21.2 Å². The fourth-order valence-electron chi connectivity index (χ4n) is 2.15. The minimum absolute atomic E-state index is 0.175. The van der Waals surface area contributed by atoms with Gasteiger partial charge in [0.05, 0.1) is 13.1 Å². The highest BCUT2D eigenvalue weighted by atomic mass is 127. The Kier molecular flexibility index (Phi) is 46.9. The third kappa shape index (κ3) is 35.8. The summed E-state index contributed by atoms with van der Waals surface area (Å²) in [6.07, 6.45) is 3.50. The lowest BCUT2D eigenvalue weighted by molar-refractivity contribution is -0.130. The number of likely N-dealkylation sites (N-methyl/N-ethyl adjacent to an activating group) is 1. The Labute approximate surface area is 241 Å². The molecule has 0 rings (SSSR count). The van der Waals surface area contributed by atoms with Crippen LogP contribution in [0.4, 0.5) is 0 Å². The van der Waals surface area contributed by atoms with Gasteiger partial charge in [-0.3, -0.25) is 27.0 Å². The number of rotatable bonds is 15. The number of hydrogen-bond acceptors (Lipinski definition) is 6. The molecule has 0 saturated carbocycles. The zero-order chi connectivity index (χ0) is 30.8. The summed E-state index contributed by atoms with van der Waals surface area (Å²) >= 11 is -1.28. The van der Waals surface area contributed by atoms with Crippen LogP contribution in [0.25, 0.3) is 0 Å². The second-order valence-electron chi connectivity index (χ2n) is 6.22. The van der Waals surface area contributed by atoms with E-state index in [4.69, 9.17) is 0 Å². The van der Waals surface area contributed by atoms with Crippen molar-refractivity contribution in [3.63, 3.8) is 0 Å². The van der Waals surface area contributed by atoms with Crippen molar-refractivity contribution < 1.29 is 27.0 Å². The molecule has 0 aliphatic heterocycles.